The van der Waals surface area contributed by atoms with Gasteiger partial charge in [-0.15, -0.1) is 0 Å². The van der Waals surface area contributed by atoms with Gasteiger partial charge in [0.2, 0.25) is 0 Å². The van der Waals surface area contributed by atoms with E-state index in [0.29, 0.717) is 36.0 Å². The van der Waals surface area contributed by atoms with Crippen molar-refractivity contribution in [2.75, 3.05) is 19.8 Å². The molecule has 1 unspecified atom stereocenters. The largest absolute Gasteiger partial charge is 0.492 e. The van der Waals surface area contributed by atoms with Crippen molar-refractivity contribution in [2.45, 2.75) is 20.3 Å². The van der Waals surface area contributed by atoms with E-state index < -0.39 is 0 Å². The van der Waals surface area contributed by atoms with E-state index in [1.54, 1.807) is 13.0 Å². The van der Waals surface area contributed by atoms with Crippen molar-refractivity contribution < 1.29 is 18.7 Å². The van der Waals surface area contributed by atoms with Gasteiger partial charge < -0.3 is 9.47 Å². The predicted octanol–water partition coefficient (Wildman–Crippen LogP) is 2.75. The summed E-state index contributed by atoms with van der Waals surface area (Å²) >= 11 is 0. The molecule has 0 saturated carbocycles. The van der Waals surface area contributed by atoms with Gasteiger partial charge in [0.1, 0.15) is 11.6 Å². The molecule has 0 bridgehead atoms. The summed E-state index contributed by atoms with van der Waals surface area (Å²) in [6.07, 6.45) is 0.968. The Morgan fingerprint density at radius 2 is 2.33 bits per heavy atom. The molecule has 98 valence electrons. The zero-order valence-electron chi connectivity index (χ0n) is 10.7. The number of carbonyl (C=O) groups excluding carboxylic acids is 1. The molecule has 1 aliphatic rings. The van der Waals surface area contributed by atoms with Crippen molar-refractivity contribution in [3.8, 4) is 5.75 Å². The predicted molar refractivity (Wildman–Crippen MR) is 65.6 cm³/mol. The lowest BCUT2D eigenvalue weighted by atomic mass is 10.1. The Balaban J connectivity index is 2.14. The van der Waals surface area contributed by atoms with E-state index in [1.807, 2.05) is 0 Å². The molecule has 0 N–H and O–H groups in total. The number of hydrogen-bond donors (Lipinski definition) is 0. The highest BCUT2D eigenvalue weighted by Crippen LogP contribution is 2.25. The lowest BCUT2D eigenvalue weighted by Gasteiger charge is -2.14. The summed E-state index contributed by atoms with van der Waals surface area (Å²) in [4.78, 5) is 11.5. The molecule has 0 spiro atoms. The first-order chi connectivity index (χ1) is 8.58. The summed E-state index contributed by atoms with van der Waals surface area (Å²) in [5, 5.41) is 0. The fourth-order valence-electron chi connectivity index (χ4n) is 1.97. The van der Waals surface area contributed by atoms with Crippen molar-refractivity contribution in [3.63, 3.8) is 0 Å². The molecule has 0 aromatic heterocycles. The maximum Gasteiger partial charge on any atom is 0.163 e. The number of benzene rings is 1. The molecule has 1 fully saturated rings. The van der Waals surface area contributed by atoms with Gasteiger partial charge >= 0.3 is 0 Å². The first kappa shape index (κ1) is 13.0. The van der Waals surface area contributed by atoms with Crippen LogP contribution in [0.2, 0.25) is 0 Å². The minimum atomic E-state index is -0.378. The second-order valence-corrected chi connectivity index (χ2v) is 4.69. The highest BCUT2D eigenvalue weighted by Gasteiger charge is 2.18. The third kappa shape index (κ3) is 2.88. The Bertz CT molecular complexity index is 451. The topological polar surface area (TPSA) is 35.5 Å². The Labute approximate surface area is 106 Å². The average molecular weight is 252 g/mol. The lowest BCUT2D eigenvalue weighted by Crippen LogP contribution is -2.13. The van der Waals surface area contributed by atoms with E-state index in [9.17, 15) is 9.18 Å². The van der Waals surface area contributed by atoms with Crippen LogP contribution in [0.5, 0.6) is 5.75 Å². The van der Waals surface area contributed by atoms with Crippen LogP contribution >= 0.6 is 0 Å². The smallest absolute Gasteiger partial charge is 0.163 e. The van der Waals surface area contributed by atoms with Crippen LogP contribution in [-0.4, -0.2) is 25.6 Å². The zero-order valence-corrected chi connectivity index (χ0v) is 10.7. The zero-order chi connectivity index (χ0) is 13.1. The fourth-order valence-corrected chi connectivity index (χ4v) is 1.97. The molecule has 0 amide bonds. The third-order valence-corrected chi connectivity index (χ3v) is 3.14. The highest BCUT2D eigenvalue weighted by atomic mass is 19.1. The first-order valence-electron chi connectivity index (χ1n) is 6.09. The third-order valence-electron chi connectivity index (χ3n) is 3.14. The van der Waals surface area contributed by atoms with Gasteiger partial charge in [-0.3, -0.25) is 4.79 Å². The van der Waals surface area contributed by atoms with Crippen LogP contribution in [0.3, 0.4) is 0 Å². The van der Waals surface area contributed by atoms with Crippen molar-refractivity contribution in [3.05, 3.63) is 29.1 Å². The molecule has 1 atom stereocenters. The fraction of sp³-hybridized carbons (Fsp3) is 0.500. The van der Waals surface area contributed by atoms with Crippen LogP contribution in [-0.2, 0) is 4.74 Å². The number of carbonyl (C=O) groups is 1. The summed E-state index contributed by atoms with van der Waals surface area (Å²) in [6, 6.07) is 2.83. The van der Waals surface area contributed by atoms with Crippen molar-refractivity contribution in [1.82, 2.24) is 0 Å². The van der Waals surface area contributed by atoms with Crippen molar-refractivity contribution in [1.29, 1.82) is 0 Å². The lowest BCUT2D eigenvalue weighted by molar-refractivity contribution is 0.101. The van der Waals surface area contributed by atoms with Crippen LogP contribution < -0.4 is 4.74 Å². The summed E-state index contributed by atoms with van der Waals surface area (Å²) in [5.41, 5.74) is 0.787. The Hall–Kier alpha value is -1.42. The normalized spacial score (nSPS) is 18.9. The first-order valence-corrected chi connectivity index (χ1v) is 6.09. The van der Waals surface area contributed by atoms with Crippen molar-refractivity contribution >= 4 is 5.78 Å². The van der Waals surface area contributed by atoms with Gasteiger partial charge in [-0.25, -0.2) is 4.39 Å². The van der Waals surface area contributed by atoms with Gasteiger partial charge in [-0.05, 0) is 38.0 Å². The number of halogens is 1. The Morgan fingerprint density at radius 3 is 2.94 bits per heavy atom. The standard InChI is InChI=1S/C14H17FO3/c1-9-5-14(12(10(2)16)6-13(9)15)18-8-11-3-4-17-7-11/h5-6,11H,3-4,7-8H2,1-2H3. The number of ether oxygens (including phenoxy) is 2. The minimum Gasteiger partial charge on any atom is -0.492 e. The van der Waals surface area contributed by atoms with E-state index in [4.69, 9.17) is 9.47 Å². The quantitative estimate of drug-likeness (QED) is 0.773. The van der Waals surface area contributed by atoms with Gasteiger partial charge in [0.05, 0.1) is 18.8 Å². The molecule has 0 radical (unpaired) electrons. The summed E-state index contributed by atoms with van der Waals surface area (Å²) in [5.74, 6) is 0.256. The number of rotatable bonds is 4. The number of aryl methyl sites for hydroxylation is 1. The van der Waals surface area contributed by atoms with E-state index >= 15 is 0 Å². The molecule has 18 heavy (non-hydrogen) atoms. The summed E-state index contributed by atoms with van der Waals surface area (Å²) in [7, 11) is 0. The van der Waals surface area contributed by atoms with Crippen LogP contribution in [0.25, 0.3) is 0 Å². The number of ketones is 1. The molecular weight excluding hydrogens is 235 g/mol. The second kappa shape index (κ2) is 5.48. The second-order valence-electron chi connectivity index (χ2n) is 4.69. The average Bonchev–Trinajstić information content (AvgIpc) is 2.83. The van der Waals surface area contributed by atoms with E-state index in [2.05, 4.69) is 0 Å². The van der Waals surface area contributed by atoms with Gasteiger partial charge in [-0.1, -0.05) is 0 Å². The maximum absolute atomic E-state index is 13.4. The highest BCUT2D eigenvalue weighted by molar-refractivity contribution is 5.96. The number of Topliss-reactive ketones (excluding diaryl/α,β-unsaturated/α-hetero) is 1. The van der Waals surface area contributed by atoms with Crippen molar-refractivity contribution in [2.24, 2.45) is 5.92 Å². The van der Waals surface area contributed by atoms with Crippen LogP contribution in [0.1, 0.15) is 29.3 Å². The Kier molecular flexibility index (Phi) is 3.97. The monoisotopic (exact) mass is 252 g/mol. The molecule has 3 nitrogen and oxygen atoms in total. The molecule has 4 heteroatoms. The minimum absolute atomic E-state index is 0.188. The van der Waals surface area contributed by atoms with Crippen LogP contribution in [0.15, 0.2) is 12.1 Å². The van der Waals surface area contributed by atoms with Gasteiger partial charge in [0.15, 0.2) is 5.78 Å². The molecule has 1 heterocycles. The van der Waals surface area contributed by atoms with Gasteiger partial charge in [0, 0.05) is 12.5 Å². The molecule has 0 aliphatic carbocycles. The summed E-state index contributed by atoms with van der Waals surface area (Å²) in [6.45, 7) is 5.03. The van der Waals surface area contributed by atoms with E-state index in [0.717, 1.165) is 13.0 Å². The van der Waals surface area contributed by atoms with E-state index in [1.165, 1.54) is 13.0 Å². The van der Waals surface area contributed by atoms with Crippen LogP contribution in [0, 0.1) is 18.7 Å². The summed E-state index contributed by atoms with van der Waals surface area (Å²) < 4.78 is 24.3. The molecule has 1 aliphatic heterocycles. The van der Waals surface area contributed by atoms with Gasteiger partial charge in [0.25, 0.3) is 0 Å². The van der Waals surface area contributed by atoms with Crippen LogP contribution in [0.4, 0.5) is 4.39 Å². The molecule has 1 aromatic carbocycles. The molecular formula is C14H17FO3. The number of hydrogen-bond acceptors (Lipinski definition) is 3. The SMILES string of the molecule is CC(=O)c1cc(F)c(C)cc1OCC1CCOC1. The molecule has 1 saturated heterocycles. The molecule has 2 rings (SSSR count). The Morgan fingerprint density at radius 1 is 1.56 bits per heavy atom. The maximum atomic E-state index is 13.4. The van der Waals surface area contributed by atoms with Gasteiger partial charge in [-0.2, -0.15) is 0 Å². The molecule has 1 aromatic rings. The van der Waals surface area contributed by atoms with E-state index in [-0.39, 0.29) is 11.6 Å².